The summed E-state index contributed by atoms with van der Waals surface area (Å²) in [5.41, 5.74) is 2.82. The number of amides is 1. The third-order valence-corrected chi connectivity index (χ3v) is 6.31. The van der Waals surface area contributed by atoms with Crippen molar-refractivity contribution < 1.29 is 9.72 Å². The number of thiazole rings is 1. The smallest absolute Gasteiger partial charge is 0.270 e. The van der Waals surface area contributed by atoms with Crippen molar-refractivity contribution in [2.45, 2.75) is 6.92 Å². The van der Waals surface area contributed by atoms with E-state index in [2.05, 4.69) is 10.3 Å². The van der Waals surface area contributed by atoms with Gasteiger partial charge in [0, 0.05) is 40.7 Å². The predicted molar refractivity (Wildman–Crippen MR) is 122 cm³/mol. The van der Waals surface area contributed by atoms with Gasteiger partial charge in [-0.2, -0.15) is 0 Å². The lowest BCUT2D eigenvalue weighted by Gasteiger charge is -2.08. The predicted octanol–water partition coefficient (Wildman–Crippen LogP) is 5.68. The fraction of sp³-hybridized carbons (Fsp3) is 0.0435. The summed E-state index contributed by atoms with van der Waals surface area (Å²) in [4.78, 5) is 29.4. The van der Waals surface area contributed by atoms with E-state index in [1.54, 1.807) is 18.3 Å². The first-order valence-corrected chi connectivity index (χ1v) is 10.4. The minimum absolute atomic E-state index is 0.0146. The van der Waals surface area contributed by atoms with Gasteiger partial charge in [-0.15, -0.1) is 0 Å². The van der Waals surface area contributed by atoms with Gasteiger partial charge in [0.05, 0.1) is 10.6 Å². The number of nitrogens with zero attached hydrogens (tertiary/aromatic N) is 3. The highest BCUT2D eigenvalue weighted by Crippen LogP contribution is 2.30. The summed E-state index contributed by atoms with van der Waals surface area (Å²) in [7, 11) is 0. The minimum atomic E-state index is -0.428. The number of non-ortho nitro benzene ring substituents is 1. The highest BCUT2D eigenvalue weighted by molar-refractivity contribution is 7.19. The number of nitro benzene ring substituents is 1. The van der Waals surface area contributed by atoms with E-state index in [1.807, 2.05) is 53.8 Å². The van der Waals surface area contributed by atoms with Gasteiger partial charge in [0.15, 0.2) is 4.96 Å². The van der Waals surface area contributed by atoms with Crippen LogP contribution < -0.4 is 5.32 Å². The SMILES string of the molecule is Cc1c(C(=O)Nc2cccc3ccccc23)sc2nc(-c3cccc([N+](=O)[O-])c3)cn12. The van der Waals surface area contributed by atoms with E-state index in [4.69, 9.17) is 0 Å². The summed E-state index contributed by atoms with van der Waals surface area (Å²) in [5, 5.41) is 16.1. The average Bonchev–Trinajstić information content (AvgIpc) is 3.33. The monoisotopic (exact) mass is 428 g/mol. The largest absolute Gasteiger partial charge is 0.321 e. The van der Waals surface area contributed by atoms with E-state index >= 15 is 0 Å². The van der Waals surface area contributed by atoms with E-state index < -0.39 is 4.92 Å². The van der Waals surface area contributed by atoms with Gasteiger partial charge in [-0.05, 0) is 18.4 Å². The van der Waals surface area contributed by atoms with Gasteiger partial charge >= 0.3 is 0 Å². The Morgan fingerprint density at radius 2 is 1.87 bits per heavy atom. The number of nitrogens with one attached hydrogen (secondary N) is 1. The van der Waals surface area contributed by atoms with E-state index in [-0.39, 0.29) is 11.6 Å². The maximum Gasteiger partial charge on any atom is 0.270 e. The van der Waals surface area contributed by atoms with Crippen LogP contribution in [-0.2, 0) is 0 Å². The maximum atomic E-state index is 13.0. The van der Waals surface area contributed by atoms with Crippen molar-refractivity contribution in [1.29, 1.82) is 0 Å². The van der Waals surface area contributed by atoms with Gasteiger partial charge in [-0.3, -0.25) is 19.3 Å². The third kappa shape index (κ3) is 3.32. The van der Waals surface area contributed by atoms with Crippen LogP contribution in [-0.4, -0.2) is 20.2 Å². The maximum absolute atomic E-state index is 13.0. The van der Waals surface area contributed by atoms with E-state index in [1.165, 1.54) is 23.5 Å². The molecule has 0 fully saturated rings. The molecule has 0 spiro atoms. The molecule has 0 aliphatic rings. The topological polar surface area (TPSA) is 89.5 Å². The molecule has 152 valence electrons. The molecule has 0 atom stereocenters. The molecule has 0 aliphatic heterocycles. The summed E-state index contributed by atoms with van der Waals surface area (Å²) in [6.07, 6.45) is 1.80. The second kappa shape index (κ2) is 7.33. The second-order valence-corrected chi connectivity index (χ2v) is 8.06. The molecule has 0 radical (unpaired) electrons. The van der Waals surface area contributed by atoms with Crippen LogP contribution >= 0.6 is 11.3 Å². The number of imidazole rings is 1. The number of carbonyl (C=O) groups is 1. The van der Waals surface area contributed by atoms with E-state index in [9.17, 15) is 14.9 Å². The van der Waals surface area contributed by atoms with Gasteiger partial charge in [-0.25, -0.2) is 4.98 Å². The molecule has 2 heterocycles. The zero-order chi connectivity index (χ0) is 21.5. The Bertz CT molecular complexity index is 1480. The fourth-order valence-electron chi connectivity index (χ4n) is 3.59. The third-order valence-electron chi connectivity index (χ3n) is 5.15. The van der Waals surface area contributed by atoms with Crippen LogP contribution in [0.4, 0.5) is 11.4 Å². The van der Waals surface area contributed by atoms with E-state index in [0.717, 1.165) is 22.2 Å². The van der Waals surface area contributed by atoms with Gasteiger partial charge in [-0.1, -0.05) is 59.9 Å². The second-order valence-electron chi connectivity index (χ2n) is 7.08. The van der Waals surface area contributed by atoms with Crippen LogP contribution in [0.15, 0.2) is 72.9 Å². The molecular formula is C23H16N4O3S. The molecule has 0 aliphatic carbocycles. The Labute approximate surface area is 180 Å². The number of fused-ring (bicyclic) bond motifs is 2. The number of hydrogen-bond acceptors (Lipinski definition) is 5. The first-order valence-electron chi connectivity index (χ1n) is 9.54. The number of benzene rings is 3. The lowest BCUT2D eigenvalue weighted by Crippen LogP contribution is -2.12. The number of aromatic nitrogens is 2. The Kier molecular flexibility index (Phi) is 4.48. The zero-order valence-corrected chi connectivity index (χ0v) is 17.2. The molecule has 0 bridgehead atoms. The average molecular weight is 428 g/mol. The van der Waals surface area contributed by atoms with Crippen molar-refractivity contribution in [3.05, 3.63) is 93.6 Å². The lowest BCUT2D eigenvalue weighted by atomic mass is 10.1. The Hall–Kier alpha value is -4.04. The molecule has 5 rings (SSSR count). The Morgan fingerprint density at radius 3 is 2.68 bits per heavy atom. The summed E-state index contributed by atoms with van der Waals surface area (Å²) in [5.74, 6) is -0.193. The van der Waals surface area contributed by atoms with Crippen molar-refractivity contribution >= 4 is 44.4 Å². The molecule has 1 amide bonds. The number of carbonyl (C=O) groups excluding carboxylic acids is 1. The van der Waals surface area contributed by atoms with Crippen molar-refractivity contribution in [2.24, 2.45) is 0 Å². The summed E-state index contributed by atoms with van der Waals surface area (Å²) < 4.78 is 1.84. The van der Waals surface area contributed by atoms with E-state index in [0.29, 0.717) is 21.1 Å². The van der Waals surface area contributed by atoms with Gasteiger partial charge in [0.1, 0.15) is 4.88 Å². The Balaban J connectivity index is 1.48. The van der Waals surface area contributed by atoms with Crippen LogP contribution in [0.3, 0.4) is 0 Å². The summed E-state index contributed by atoms with van der Waals surface area (Å²) in [6, 6.07) is 20.0. The highest BCUT2D eigenvalue weighted by atomic mass is 32.1. The number of anilines is 1. The van der Waals surface area contributed by atoms with Gasteiger partial charge < -0.3 is 5.32 Å². The molecular weight excluding hydrogens is 412 g/mol. The molecule has 0 saturated carbocycles. The van der Waals surface area contributed by atoms with Gasteiger partial charge in [0.2, 0.25) is 0 Å². The van der Waals surface area contributed by atoms with Crippen LogP contribution in [0.1, 0.15) is 15.4 Å². The van der Waals surface area contributed by atoms with Crippen LogP contribution in [0.25, 0.3) is 27.0 Å². The van der Waals surface area contributed by atoms with Crippen molar-refractivity contribution in [1.82, 2.24) is 9.38 Å². The molecule has 0 unspecified atom stereocenters. The molecule has 1 N–H and O–H groups in total. The van der Waals surface area contributed by atoms with Crippen LogP contribution in [0, 0.1) is 17.0 Å². The van der Waals surface area contributed by atoms with Crippen LogP contribution in [0.5, 0.6) is 0 Å². The molecule has 7 nitrogen and oxygen atoms in total. The Morgan fingerprint density at radius 1 is 1.10 bits per heavy atom. The first-order chi connectivity index (χ1) is 15.0. The molecule has 8 heteroatoms. The van der Waals surface area contributed by atoms with Gasteiger partial charge in [0.25, 0.3) is 11.6 Å². The number of nitro groups is 1. The zero-order valence-electron chi connectivity index (χ0n) is 16.4. The quantitative estimate of drug-likeness (QED) is 0.294. The molecule has 2 aromatic heterocycles. The normalized spacial score (nSPS) is 11.1. The number of hydrogen-bond donors (Lipinski definition) is 1. The minimum Gasteiger partial charge on any atom is -0.321 e. The first kappa shape index (κ1) is 19.0. The molecule has 0 saturated heterocycles. The highest BCUT2D eigenvalue weighted by Gasteiger charge is 2.19. The van der Waals surface area contributed by atoms with Crippen molar-refractivity contribution in [2.75, 3.05) is 5.32 Å². The van der Waals surface area contributed by atoms with Crippen molar-refractivity contribution in [3.8, 4) is 11.3 Å². The molecule has 5 aromatic rings. The number of aryl methyl sites for hydroxylation is 1. The standard InChI is InChI=1S/C23H16N4O3S/c1-14-21(22(28)24-19-11-5-7-15-6-2-3-10-18(15)19)31-23-25-20(13-26(14)23)16-8-4-9-17(12-16)27(29)30/h2-13H,1H3,(H,24,28). The summed E-state index contributed by atoms with van der Waals surface area (Å²) in [6.45, 7) is 1.86. The van der Waals surface area contributed by atoms with Crippen molar-refractivity contribution in [3.63, 3.8) is 0 Å². The molecule has 31 heavy (non-hydrogen) atoms. The number of rotatable bonds is 4. The molecule has 3 aromatic carbocycles. The summed E-state index contributed by atoms with van der Waals surface area (Å²) >= 11 is 1.29. The van der Waals surface area contributed by atoms with Crippen LogP contribution in [0.2, 0.25) is 0 Å². The fourth-order valence-corrected chi connectivity index (χ4v) is 4.60. The lowest BCUT2D eigenvalue weighted by molar-refractivity contribution is -0.384.